The normalized spacial score (nSPS) is 15.9. The second-order valence-electron chi connectivity index (χ2n) is 3.96. The molecule has 1 aliphatic heterocycles. The van der Waals surface area contributed by atoms with Gasteiger partial charge in [0.1, 0.15) is 5.75 Å². The van der Waals surface area contributed by atoms with Gasteiger partial charge in [-0.2, -0.15) is 0 Å². The summed E-state index contributed by atoms with van der Waals surface area (Å²) in [7, 11) is 0. The van der Waals surface area contributed by atoms with Crippen molar-refractivity contribution in [2.75, 3.05) is 13.1 Å². The first-order valence-electron chi connectivity index (χ1n) is 5.52. The van der Waals surface area contributed by atoms with Crippen LogP contribution in [0.1, 0.15) is 18.4 Å². The molecule has 1 aromatic rings. The van der Waals surface area contributed by atoms with Crippen LogP contribution in [0, 0.1) is 0 Å². The molecule has 0 aromatic heterocycles. The smallest absolute Gasteiger partial charge is 0.246 e. The van der Waals surface area contributed by atoms with Crippen LogP contribution in [-0.2, 0) is 4.79 Å². The summed E-state index contributed by atoms with van der Waals surface area (Å²) in [6.45, 7) is 1.73. The van der Waals surface area contributed by atoms with E-state index in [4.69, 9.17) is 0 Å². The summed E-state index contributed by atoms with van der Waals surface area (Å²) in [4.78, 5) is 13.5. The van der Waals surface area contributed by atoms with E-state index in [9.17, 15) is 9.90 Å². The number of phenolic OH excluding ortho intramolecular Hbond substituents is 1. The first-order valence-corrected chi connectivity index (χ1v) is 5.52. The monoisotopic (exact) mass is 217 g/mol. The van der Waals surface area contributed by atoms with Crippen molar-refractivity contribution in [3.63, 3.8) is 0 Å². The third-order valence-electron chi connectivity index (χ3n) is 2.71. The number of carbonyl (C=O) groups excluding carboxylic acids is 1. The van der Waals surface area contributed by atoms with Gasteiger partial charge in [0.15, 0.2) is 0 Å². The molecular weight excluding hydrogens is 202 g/mol. The highest BCUT2D eigenvalue weighted by Gasteiger charge is 2.14. The lowest BCUT2D eigenvalue weighted by molar-refractivity contribution is -0.124. The maximum Gasteiger partial charge on any atom is 0.246 e. The van der Waals surface area contributed by atoms with Crippen molar-refractivity contribution in [2.24, 2.45) is 0 Å². The quantitative estimate of drug-likeness (QED) is 0.770. The fourth-order valence-electron chi connectivity index (χ4n) is 1.84. The maximum absolute atomic E-state index is 11.7. The Kier molecular flexibility index (Phi) is 3.25. The van der Waals surface area contributed by atoms with E-state index in [1.807, 2.05) is 11.0 Å². The third kappa shape index (κ3) is 2.63. The van der Waals surface area contributed by atoms with E-state index in [2.05, 4.69) is 0 Å². The van der Waals surface area contributed by atoms with Crippen molar-refractivity contribution in [2.45, 2.75) is 12.8 Å². The second-order valence-corrected chi connectivity index (χ2v) is 3.96. The molecule has 0 unspecified atom stereocenters. The van der Waals surface area contributed by atoms with Crippen LogP contribution in [0.15, 0.2) is 30.3 Å². The number of likely N-dealkylation sites (tertiary alicyclic amines) is 1. The van der Waals surface area contributed by atoms with Crippen molar-refractivity contribution in [3.05, 3.63) is 35.9 Å². The van der Waals surface area contributed by atoms with Crippen LogP contribution in [0.4, 0.5) is 0 Å². The van der Waals surface area contributed by atoms with Crippen LogP contribution in [0.5, 0.6) is 5.75 Å². The van der Waals surface area contributed by atoms with Gasteiger partial charge in [0.05, 0.1) is 0 Å². The predicted octanol–water partition coefficient (Wildman–Crippen LogP) is 2.03. The predicted molar refractivity (Wildman–Crippen MR) is 63.0 cm³/mol. The van der Waals surface area contributed by atoms with Crippen LogP contribution in [0.2, 0.25) is 0 Å². The number of hydrogen-bond acceptors (Lipinski definition) is 2. The molecule has 84 valence electrons. The summed E-state index contributed by atoms with van der Waals surface area (Å²) >= 11 is 0. The van der Waals surface area contributed by atoms with Gasteiger partial charge < -0.3 is 10.0 Å². The number of nitrogens with zero attached hydrogens (tertiary/aromatic N) is 1. The Bertz CT molecular complexity index is 406. The Morgan fingerprint density at radius 3 is 2.75 bits per heavy atom. The van der Waals surface area contributed by atoms with E-state index in [0.717, 1.165) is 31.5 Å². The highest BCUT2D eigenvalue weighted by molar-refractivity contribution is 5.91. The fraction of sp³-hybridized carbons (Fsp3) is 0.308. The molecule has 1 saturated heterocycles. The van der Waals surface area contributed by atoms with Gasteiger partial charge in [-0.15, -0.1) is 0 Å². The first kappa shape index (κ1) is 10.7. The van der Waals surface area contributed by atoms with Crippen molar-refractivity contribution >= 4 is 12.0 Å². The van der Waals surface area contributed by atoms with E-state index < -0.39 is 0 Å². The topological polar surface area (TPSA) is 40.5 Å². The summed E-state index contributed by atoms with van der Waals surface area (Å²) in [6, 6.07) is 6.86. The fourth-order valence-corrected chi connectivity index (χ4v) is 1.84. The van der Waals surface area contributed by atoms with Crippen molar-refractivity contribution in [3.8, 4) is 5.75 Å². The van der Waals surface area contributed by atoms with Crippen molar-refractivity contribution in [1.29, 1.82) is 0 Å². The molecule has 16 heavy (non-hydrogen) atoms. The van der Waals surface area contributed by atoms with Crippen molar-refractivity contribution < 1.29 is 9.90 Å². The molecule has 0 radical (unpaired) electrons. The Hall–Kier alpha value is -1.77. The number of phenols is 1. The zero-order valence-corrected chi connectivity index (χ0v) is 9.10. The maximum atomic E-state index is 11.7. The zero-order valence-electron chi connectivity index (χ0n) is 9.10. The van der Waals surface area contributed by atoms with Gasteiger partial charge in [-0.25, -0.2) is 0 Å². The minimum absolute atomic E-state index is 0.0563. The molecule has 1 heterocycles. The Balaban J connectivity index is 2.00. The number of amides is 1. The average Bonchev–Trinajstić information content (AvgIpc) is 2.79. The van der Waals surface area contributed by atoms with Gasteiger partial charge in [0, 0.05) is 19.2 Å². The lowest BCUT2D eigenvalue weighted by Crippen LogP contribution is -2.25. The summed E-state index contributed by atoms with van der Waals surface area (Å²) in [6.07, 6.45) is 5.51. The van der Waals surface area contributed by atoms with Gasteiger partial charge in [0.25, 0.3) is 0 Å². The lowest BCUT2D eigenvalue weighted by atomic mass is 10.2. The standard InChI is InChI=1S/C13H15NO2/c15-12-5-3-4-11(10-12)6-7-13(16)14-8-1-2-9-14/h3-7,10,15H,1-2,8-9H2. The van der Waals surface area contributed by atoms with Crippen LogP contribution in [-0.4, -0.2) is 29.0 Å². The van der Waals surface area contributed by atoms with Crippen LogP contribution in [0.25, 0.3) is 6.08 Å². The van der Waals surface area contributed by atoms with Crippen molar-refractivity contribution in [1.82, 2.24) is 4.90 Å². The van der Waals surface area contributed by atoms with Crippen LogP contribution in [0.3, 0.4) is 0 Å². The van der Waals surface area contributed by atoms with Gasteiger partial charge in [0.2, 0.25) is 5.91 Å². The molecule has 2 rings (SSSR count). The molecule has 0 aliphatic carbocycles. The van der Waals surface area contributed by atoms with E-state index in [1.165, 1.54) is 0 Å². The Labute approximate surface area is 95.0 Å². The molecule has 1 N–H and O–H groups in total. The molecule has 0 atom stereocenters. The lowest BCUT2D eigenvalue weighted by Gasteiger charge is -2.11. The second kappa shape index (κ2) is 4.84. The summed E-state index contributed by atoms with van der Waals surface area (Å²) in [5.41, 5.74) is 0.840. The number of aromatic hydroxyl groups is 1. The zero-order chi connectivity index (χ0) is 11.4. The minimum atomic E-state index is 0.0563. The number of benzene rings is 1. The summed E-state index contributed by atoms with van der Waals surface area (Å²) in [5, 5.41) is 9.26. The van der Waals surface area contributed by atoms with Gasteiger partial charge >= 0.3 is 0 Å². The highest BCUT2D eigenvalue weighted by atomic mass is 16.3. The van der Waals surface area contributed by atoms with Crippen LogP contribution < -0.4 is 0 Å². The van der Waals surface area contributed by atoms with Gasteiger partial charge in [-0.05, 0) is 36.6 Å². The molecule has 3 heteroatoms. The molecule has 0 spiro atoms. The number of carbonyl (C=O) groups is 1. The molecule has 1 aliphatic rings. The van der Waals surface area contributed by atoms with Crippen LogP contribution >= 0.6 is 0 Å². The molecule has 0 bridgehead atoms. The summed E-state index contributed by atoms with van der Waals surface area (Å²) < 4.78 is 0. The van der Waals surface area contributed by atoms with Gasteiger partial charge in [-0.1, -0.05) is 12.1 Å². The average molecular weight is 217 g/mol. The molecule has 3 nitrogen and oxygen atoms in total. The number of hydrogen-bond donors (Lipinski definition) is 1. The SMILES string of the molecule is O=C(C=Cc1cccc(O)c1)N1CCCC1. The molecular formula is C13H15NO2. The van der Waals surface area contributed by atoms with E-state index in [1.54, 1.807) is 30.4 Å². The molecule has 0 saturated carbocycles. The summed E-state index contributed by atoms with van der Waals surface area (Å²) in [5.74, 6) is 0.275. The molecule has 1 amide bonds. The molecule has 1 fully saturated rings. The largest absolute Gasteiger partial charge is 0.508 e. The van der Waals surface area contributed by atoms with E-state index in [-0.39, 0.29) is 11.7 Å². The minimum Gasteiger partial charge on any atom is -0.508 e. The first-order chi connectivity index (χ1) is 7.75. The van der Waals surface area contributed by atoms with E-state index >= 15 is 0 Å². The van der Waals surface area contributed by atoms with Gasteiger partial charge in [-0.3, -0.25) is 4.79 Å². The Morgan fingerprint density at radius 1 is 1.31 bits per heavy atom. The number of rotatable bonds is 2. The Morgan fingerprint density at radius 2 is 2.06 bits per heavy atom. The third-order valence-corrected chi connectivity index (χ3v) is 2.71. The highest BCUT2D eigenvalue weighted by Crippen LogP contribution is 2.13. The van der Waals surface area contributed by atoms with E-state index in [0.29, 0.717) is 0 Å². The molecule has 1 aromatic carbocycles.